The van der Waals surface area contributed by atoms with E-state index in [2.05, 4.69) is 10.4 Å². The van der Waals surface area contributed by atoms with Crippen LogP contribution in [0.3, 0.4) is 0 Å². The van der Waals surface area contributed by atoms with E-state index in [9.17, 15) is 27.2 Å². The summed E-state index contributed by atoms with van der Waals surface area (Å²) < 4.78 is 53.3. The molecule has 3 rings (SSSR count). The van der Waals surface area contributed by atoms with Crippen molar-refractivity contribution in [3.63, 3.8) is 0 Å². The van der Waals surface area contributed by atoms with E-state index in [0.29, 0.717) is 11.1 Å². The molecular weight excluding hydrogens is 430 g/mol. The third-order valence-electron chi connectivity index (χ3n) is 4.50. The Balaban J connectivity index is 0.00000363. The second-order valence-electron chi connectivity index (χ2n) is 6.69. The second kappa shape index (κ2) is 9.08. The first-order valence-electron chi connectivity index (χ1n) is 8.88. The highest BCUT2D eigenvalue weighted by Crippen LogP contribution is 2.35. The summed E-state index contributed by atoms with van der Waals surface area (Å²) in [5.74, 6) is -2.18. The molecule has 1 heterocycles. The number of nitrogens with two attached hydrogens (primary N) is 2. The third kappa shape index (κ3) is 4.88. The van der Waals surface area contributed by atoms with E-state index >= 15 is 0 Å². The number of aryl methyl sites for hydroxylation is 1. The van der Waals surface area contributed by atoms with Gasteiger partial charge in [0.25, 0.3) is 11.8 Å². The van der Waals surface area contributed by atoms with Gasteiger partial charge in [-0.15, -0.1) is 0 Å². The van der Waals surface area contributed by atoms with Crippen molar-refractivity contribution in [1.82, 2.24) is 15.1 Å². The topological polar surface area (TPSA) is 116 Å². The molecule has 170 valence electrons. The van der Waals surface area contributed by atoms with Crippen molar-refractivity contribution in [1.29, 1.82) is 0 Å². The molecule has 2 aromatic carbocycles. The summed E-state index contributed by atoms with van der Waals surface area (Å²) in [5, 5.41) is 6.03. The van der Waals surface area contributed by atoms with Crippen molar-refractivity contribution in [3.05, 3.63) is 76.4 Å². The molecule has 0 spiro atoms. The first kappa shape index (κ1) is 24.4. The molecule has 0 unspecified atom stereocenters. The monoisotopic (exact) mass is 451 g/mol. The fraction of sp³-hybridized carbons (Fsp3) is 0.190. The third-order valence-corrected chi connectivity index (χ3v) is 4.50. The van der Waals surface area contributed by atoms with Crippen LogP contribution in [0.5, 0.6) is 0 Å². The standard InChI is InChI=1S/C20H17F4N5O2.CH4/c1-10-2-5-12(21)8-14(10)19(31)27-9-11-3-6-13(7-4-11)29-16(18(26)30)15(25)17(28-29)20(22,23)24;/h2-8H,9,25H2,1H3,(H2,26,30)(H,27,31);1H4. The Morgan fingerprint density at radius 2 is 1.75 bits per heavy atom. The minimum atomic E-state index is -4.86. The number of carbonyl (C=O) groups is 2. The van der Waals surface area contributed by atoms with E-state index in [1.165, 1.54) is 36.4 Å². The van der Waals surface area contributed by atoms with Gasteiger partial charge in [-0.05, 0) is 42.3 Å². The van der Waals surface area contributed by atoms with Crippen LogP contribution in [0, 0.1) is 12.7 Å². The molecule has 0 saturated heterocycles. The summed E-state index contributed by atoms with van der Waals surface area (Å²) in [6, 6.07) is 9.69. The highest BCUT2D eigenvalue weighted by molar-refractivity contribution is 5.97. The smallest absolute Gasteiger partial charge is 0.395 e. The predicted octanol–water partition coefficient (Wildman–Crippen LogP) is 3.59. The van der Waals surface area contributed by atoms with Gasteiger partial charge in [-0.2, -0.15) is 18.3 Å². The van der Waals surface area contributed by atoms with E-state index in [0.717, 1.165) is 10.7 Å². The number of aromatic nitrogens is 2. The Bertz CT molecular complexity index is 1150. The maximum atomic E-state index is 13.4. The number of alkyl halides is 3. The molecule has 0 saturated carbocycles. The summed E-state index contributed by atoms with van der Waals surface area (Å²) in [4.78, 5) is 23.9. The molecule has 0 atom stereocenters. The lowest BCUT2D eigenvalue weighted by atomic mass is 10.1. The fourth-order valence-corrected chi connectivity index (χ4v) is 2.93. The summed E-state index contributed by atoms with van der Waals surface area (Å²) in [6.07, 6.45) is -4.86. The van der Waals surface area contributed by atoms with Gasteiger partial charge in [-0.1, -0.05) is 25.6 Å². The van der Waals surface area contributed by atoms with E-state index in [1.807, 2.05) is 0 Å². The summed E-state index contributed by atoms with van der Waals surface area (Å²) in [6.45, 7) is 1.75. The Kier molecular flexibility index (Phi) is 6.92. The number of halogens is 4. The lowest BCUT2D eigenvalue weighted by Crippen LogP contribution is -2.23. The van der Waals surface area contributed by atoms with Gasteiger partial charge in [0.05, 0.1) is 11.4 Å². The zero-order chi connectivity index (χ0) is 22.9. The fourth-order valence-electron chi connectivity index (χ4n) is 2.93. The van der Waals surface area contributed by atoms with Crippen molar-refractivity contribution < 1.29 is 27.2 Å². The minimum absolute atomic E-state index is 0. The van der Waals surface area contributed by atoms with Gasteiger partial charge in [0.2, 0.25) is 0 Å². The summed E-state index contributed by atoms with van der Waals surface area (Å²) in [7, 11) is 0. The average molecular weight is 451 g/mol. The first-order chi connectivity index (χ1) is 14.5. The molecule has 11 heteroatoms. The number of nitrogens with one attached hydrogen (secondary N) is 1. The van der Waals surface area contributed by atoms with Gasteiger partial charge >= 0.3 is 6.18 Å². The van der Waals surface area contributed by atoms with Crippen LogP contribution >= 0.6 is 0 Å². The molecule has 0 bridgehead atoms. The van der Waals surface area contributed by atoms with E-state index in [4.69, 9.17) is 11.5 Å². The molecule has 3 aromatic rings. The number of primary amides is 1. The summed E-state index contributed by atoms with van der Waals surface area (Å²) >= 11 is 0. The van der Waals surface area contributed by atoms with Crippen molar-refractivity contribution in [2.24, 2.45) is 5.73 Å². The average Bonchev–Trinajstić information content (AvgIpc) is 3.06. The maximum absolute atomic E-state index is 13.4. The number of carbonyl (C=O) groups excluding carboxylic acids is 2. The SMILES string of the molecule is C.Cc1ccc(F)cc1C(=O)NCc1ccc(-n2nc(C(F)(F)F)c(N)c2C(N)=O)cc1. The van der Waals surface area contributed by atoms with Crippen LogP contribution in [0.1, 0.15) is 45.1 Å². The van der Waals surface area contributed by atoms with Gasteiger partial charge in [0, 0.05) is 12.1 Å². The number of hydrogen-bond acceptors (Lipinski definition) is 4. The maximum Gasteiger partial charge on any atom is 0.437 e. The van der Waals surface area contributed by atoms with Crippen LogP contribution in [0.25, 0.3) is 5.69 Å². The van der Waals surface area contributed by atoms with Crippen molar-refractivity contribution in [3.8, 4) is 5.69 Å². The number of nitrogen functional groups attached to an aromatic ring is 1. The van der Waals surface area contributed by atoms with Crippen molar-refractivity contribution >= 4 is 17.5 Å². The number of hydrogen-bond donors (Lipinski definition) is 3. The van der Waals surface area contributed by atoms with Crippen LogP contribution in [0.2, 0.25) is 0 Å². The quantitative estimate of drug-likeness (QED) is 0.514. The predicted molar refractivity (Wildman–Crippen MR) is 111 cm³/mol. The Labute approximate surface area is 181 Å². The largest absolute Gasteiger partial charge is 0.437 e. The molecule has 2 amide bonds. The van der Waals surface area contributed by atoms with Crippen LogP contribution in [0.15, 0.2) is 42.5 Å². The van der Waals surface area contributed by atoms with Gasteiger partial charge in [-0.25, -0.2) is 9.07 Å². The number of amides is 2. The molecule has 0 radical (unpaired) electrons. The molecule has 32 heavy (non-hydrogen) atoms. The summed E-state index contributed by atoms with van der Waals surface area (Å²) in [5.41, 5.74) is 9.26. The molecule has 0 aliphatic carbocycles. The Hall–Kier alpha value is -3.89. The van der Waals surface area contributed by atoms with Gasteiger partial charge in [0.15, 0.2) is 11.4 Å². The van der Waals surface area contributed by atoms with Crippen LogP contribution in [-0.2, 0) is 12.7 Å². The van der Waals surface area contributed by atoms with Crippen molar-refractivity contribution in [2.45, 2.75) is 27.1 Å². The van der Waals surface area contributed by atoms with Crippen LogP contribution < -0.4 is 16.8 Å². The molecule has 1 aromatic heterocycles. The van der Waals surface area contributed by atoms with E-state index < -0.39 is 40.9 Å². The Morgan fingerprint density at radius 1 is 1.12 bits per heavy atom. The molecule has 5 N–H and O–H groups in total. The lowest BCUT2D eigenvalue weighted by molar-refractivity contribution is -0.140. The molecule has 0 aliphatic heterocycles. The highest BCUT2D eigenvalue weighted by atomic mass is 19.4. The number of nitrogens with zero attached hydrogens (tertiary/aromatic N) is 2. The molecule has 7 nitrogen and oxygen atoms in total. The zero-order valence-corrected chi connectivity index (χ0v) is 16.1. The second-order valence-corrected chi connectivity index (χ2v) is 6.69. The van der Waals surface area contributed by atoms with Gasteiger partial charge in [0.1, 0.15) is 5.82 Å². The van der Waals surface area contributed by atoms with Crippen molar-refractivity contribution in [2.75, 3.05) is 5.73 Å². The number of rotatable bonds is 5. The minimum Gasteiger partial charge on any atom is -0.395 e. The van der Waals surface area contributed by atoms with Crippen LogP contribution in [-0.4, -0.2) is 21.6 Å². The van der Waals surface area contributed by atoms with Gasteiger partial charge < -0.3 is 16.8 Å². The number of anilines is 1. The Morgan fingerprint density at radius 3 is 2.31 bits per heavy atom. The van der Waals surface area contributed by atoms with E-state index in [-0.39, 0.29) is 25.2 Å². The highest BCUT2D eigenvalue weighted by Gasteiger charge is 2.39. The first-order valence-corrected chi connectivity index (χ1v) is 8.88. The lowest BCUT2D eigenvalue weighted by Gasteiger charge is -2.09. The zero-order valence-electron chi connectivity index (χ0n) is 16.1. The van der Waals surface area contributed by atoms with E-state index in [1.54, 1.807) is 6.92 Å². The molecule has 0 aliphatic rings. The molecule has 0 fully saturated rings. The van der Waals surface area contributed by atoms with Crippen LogP contribution in [0.4, 0.5) is 23.2 Å². The van der Waals surface area contributed by atoms with Gasteiger partial charge in [-0.3, -0.25) is 9.59 Å². The normalized spacial score (nSPS) is 11.0. The number of benzene rings is 2. The molecular formula is C21H21F4N5O2.